The third kappa shape index (κ3) is 7.09. The quantitative estimate of drug-likeness (QED) is 0.231. The van der Waals surface area contributed by atoms with E-state index in [9.17, 15) is 9.90 Å². The van der Waals surface area contributed by atoms with Crippen LogP contribution in [0.4, 0.5) is 5.82 Å². The number of fused-ring (bicyclic) bond motifs is 8. The average molecular weight is 655 g/mol. The van der Waals surface area contributed by atoms with Gasteiger partial charge in [-0.15, -0.1) is 0 Å². The predicted octanol–water partition coefficient (Wildman–Crippen LogP) is 7.76. The maximum absolute atomic E-state index is 12.9. The molecule has 6 bridgehead atoms. The van der Waals surface area contributed by atoms with Crippen LogP contribution in [-0.2, 0) is 14.3 Å². The molecule has 3 N–H and O–H groups in total. The molecule has 48 heavy (non-hydrogen) atoms. The van der Waals surface area contributed by atoms with Crippen LogP contribution in [0.2, 0.25) is 0 Å². The molecule has 2 aromatic carbocycles. The number of benzene rings is 2. The molecule has 0 unspecified atom stereocenters. The van der Waals surface area contributed by atoms with Crippen molar-refractivity contribution in [1.29, 1.82) is 0 Å². The Kier molecular flexibility index (Phi) is 9.32. The highest BCUT2D eigenvalue weighted by Crippen LogP contribution is 2.40. The summed E-state index contributed by atoms with van der Waals surface area (Å²) in [5.41, 5.74) is 13.9. The minimum Gasteiger partial charge on any atom is -0.479 e. The van der Waals surface area contributed by atoms with Crippen LogP contribution in [0.1, 0.15) is 88.2 Å². The molecule has 256 valence electrons. The summed E-state index contributed by atoms with van der Waals surface area (Å²) >= 11 is 0. The number of carboxylic acid groups (broad SMARTS) is 1. The molecule has 4 aromatic rings. The molecule has 9 nitrogen and oxygen atoms in total. The molecule has 2 aromatic heterocycles. The largest absolute Gasteiger partial charge is 0.479 e. The minimum atomic E-state index is -1.15. The number of carboxylic acids is 1. The first-order chi connectivity index (χ1) is 22.7. The number of nitrogens with two attached hydrogens (primary N) is 1. The summed E-state index contributed by atoms with van der Waals surface area (Å²) in [5, 5.41) is 10.5. The van der Waals surface area contributed by atoms with Gasteiger partial charge < -0.3 is 24.2 Å². The fourth-order valence-electron chi connectivity index (χ4n) is 6.90. The van der Waals surface area contributed by atoms with Gasteiger partial charge in [0.1, 0.15) is 23.4 Å². The van der Waals surface area contributed by atoms with Crippen LogP contribution >= 0.6 is 0 Å². The summed E-state index contributed by atoms with van der Waals surface area (Å²) in [6, 6.07) is 14.5. The first kappa shape index (κ1) is 34.0. The first-order valence-corrected chi connectivity index (χ1v) is 17.2. The number of piperidine rings is 1. The van der Waals surface area contributed by atoms with E-state index in [4.69, 9.17) is 24.9 Å². The molecule has 2 atom stereocenters. The molecule has 7 rings (SSSR count). The van der Waals surface area contributed by atoms with Gasteiger partial charge in [0.05, 0.1) is 16.9 Å². The minimum absolute atomic E-state index is 0.276. The molecule has 0 saturated carbocycles. The Balaban J connectivity index is 1.54. The van der Waals surface area contributed by atoms with Gasteiger partial charge >= 0.3 is 5.97 Å². The van der Waals surface area contributed by atoms with E-state index >= 15 is 0 Å². The number of ether oxygens (including phenoxy) is 3. The van der Waals surface area contributed by atoms with Crippen molar-refractivity contribution in [2.45, 2.75) is 104 Å². The monoisotopic (exact) mass is 654 g/mol. The van der Waals surface area contributed by atoms with Gasteiger partial charge in [-0.25, -0.2) is 9.78 Å². The van der Waals surface area contributed by atoms with Gasteiger partial charge in [-0.1, -0.05) is 18.2 Å². The molecule has 5 heterocycles. The summed E-state index contributed by atoms with van der Waals surface area (Å²) in [6.45, 7) is 16.1. The Hall–Kier alpha value is -3.92. The van der Waals surface area contributed by atoms with Gasteiger partial charge in [-0.2, -0.15) is 0 Å². The first-order valence-electron chi connectivity index (χ1n) is 17.2. The van der Waals surface area contributed by atoms with Crippen molar-refractivity contribution in [3.05, 3.63) is 70.9 Å². The van der Waals surface area contributed by atoms with E-state index in [2.05, 4.69) is 60.4 Å². The van der Waals surface area contributed by atoms with Crippen molar-refractivity contribution in [2.24, 2.45) is 5.73 Å². The van der Waals surface area contributed by atoms with E-state index in [1.54, 1.807) is 0 Å². The molecular formula is C39H50N4O5. The number of aromatic nitrogens is 2. The van der Waals surface area contributed by atoms with Crippen molar-refractivity contribution < 1.29 is 24.1 Å². The zero-order chi connectivity index (χ0) is 34.4. The lowest BCUT2D eigenvalue weighted by molar-refractivity contribution is -0.160. The number of anilines is 1. The zero-order valence-electron chi connectivity index (χ0n) is 29.4. The van der Waals surface area contributed by atoms with Gasteiger partial charge in [0.2, 0.25) is 0 Å². The van der Waals surface area contributed by atoms with Crippen molar-refractivity contribution in [2.75, 3.05) is 24.6 Å². The van der Waals surface area contributed by atoms with E-state index in [1.807, 2.05) is 46.0 Å². The number of imidazole rings is 1. The number of hydrogen-bond donors (Lipinski definition) is 2. The Morgan fingerprint density at radius 3 is 2.46 bits per heavy atom. The van der Waals surface area contributed by atoms with Crippen LogP contribution in [0, 0.1) is 20.8 Å². The van der Waals surface area contributed by atoms with E-state index in [0.29, 0.717) is 25.3 Å². The van der Waals surface area contributed by atoms with Gasteiger partial charge in [0.15, 0.2) is 6.10 Å². The van der Waals surface area contributed by atoms with Gasteiger partial charge in [-0.05, 0) is 127 Å². The summed E-state index contributed by atoms with van der Waals surface area (Å²) in [7, 11) is 0. The van der Waals surface area contributed by atoms with Crippen LogP contribution in [0.3, 0.4) is 0 Å². The van der Waals surface area contributed by atoms with Crippen LogP contribution in [0.15, 0.2) is 48.7 Å². The molecule has 9 heteroatoms. The normalized spacial score (nSPS) is 21.2. The Bertz CT molecular complexity index is 1820. The lowest BCUT2D eigenvalue weighted by atomic mass is 9.92. The van der Waals surface area contributed by atoms with Gasteiger partial charge in [0, 0.05) is 42.6 Å². The van der Waals surface area contributed by atoms with Crippen LogP contribution in [0.25, 0.3) is 28.0 Å². The molecule has 0 spiro atoms. The van der Waals surface area contributed by atoms with E-state index in [-0.39, 0.29) is 5.60 Å². The van der Waals surface area contributed by atoms with Crippen molar-refractivity contribution in [1.82, 2.24) is 9.38 Å². The SMILES string of the molecule is Cc1cc2c(cc1C)-c1cccc(c1)-c1cn3c(c([C@H](OC(C)(C)C)C(=O)O)c(C)cc3n1)N1CCC(C)(CC1)OCCCC[C@H](N)O2. The molecule has 1 saturated heterocycles. The number of hydrogen-bond acceptors (Lipinski definition) is 7. The highest BCUT2D eigenvalue weighted by Gasteiger charge is 2.37. The molecule has 0 amide bonds. The number of nitrogens with zero attached hydrogens (tertiary/aromatic N) is 3. The van der Waals surface area contributed by atoms with Crippen molar-refractivity contribution >= 4 is 17.4 Å². The summed E-state index contributed by atoms with van der Waals surface area (Å²) in [4.78, 5) is 20.3. The Morgan fingerprint density at radius 1 is 1.04 bits per heavy atom. The van der Waals surface area contributed by atoms with Gasteiger partial charge in [-0.3, -0.25) is 10.1 Å². The second-order valence-corrected chi connectivity index (χ2v) is 14.8. The van der Waals surface area contributed by atoms with Crippen LogP contribution in [-0.4, -0.2) is 57.6 Å². The number of aliphatic carboxylic acids is 1. The number of carbonyl (C=O) groups is 1. The fourth-order valence-corrected chi connectivity index (χ4v) is 6.90. The molecule has 1 fully saturated rings. The van der Waals surface area contributed by atoms with Crippen molar-refractivity contribution in [3.63, 3.8) is 0 Å². The number of rotatable bonds is 3. The third-order valence-electron chi connectivity index (χ3n) is 9.73. The predicted molar refractivity (Wildman–Crippen MR) is 190 cm³/mol. The highest BCUT2D eigenvalue weighted by atomic mass is 16.5. The fraction of sp³-hybridized carbons (Fsp3) is 0.487. The lowest BCUT2D eigenvalue weighted by Crippen LogP contribution is -2.45. The second kappa shape index (κ2) is 13.2. The van der Waals surface area contributed by atoms with Crippen LogP contribution in [0.5, 0.6) is 5.75 Å². The van der Waals surface area contributed by atoms with E-state index < -0.39 is 23.9 Å². The second-order valence-electron chi connectivity index (χ2n) is 14.8. The van der Waals surface area contributed by atoms with E-state index in [1.165, 1.54) is 5.56 Å². The third-order valence-corrected chi connectivity index (χ3v) is 9.73. The molecular weight excluding hydrogens is 604 g/mol. The van der Waals surface area contributed by atoms with Crippen molar-refractivity contribution in [3.8, 4) is 28.1 Å². The summed E-state index contributed by atoms with van der Waals surface area (Å²) < 4.78 is 21.2. The number of pyridine rings is 1. The summed E-state index contributed by atoms with van der Waals surface area (Å²) in [5.74, 6) is 0.563. The molecule has 0 radical (unpaired) electrons. The lowest BCUT2D eigenvalue weighted by Gasteiger charge is -2.41. The average Bonchev–Trinajstić information content (AvgIpc) is 3.44. The van der Waals surface area contributed by atoms with Crippen LogP contribution < -0.4 is 15.4 Å². The zero-order valence-corrected chi connectivity index (χ0v) is 29.4. The Labute approximate surface area is 284 Å². The molecule has 3 aliphatic heterocycles. The Morgan fingerprint density at radius 2 is 1.75 bits per heavy atom. The molecule has 3 aliphatic rings. The topological polar surface area (TPSA) is 112 Å². The molecule has 0 aliphatic carbocycles. The standard InChI is InChI=1S/C39H50N4O5/c1-24-19-29-27-11-10-12-28(22-27)30-23-43-33(41-30)21-26(3)34(35(37(44)45)48-38(4,5)6)36(43)42-16-14-39(7,15-17-42)46-18-9-8-13-32(40)47-31(29)20-25(24)2/h10-12,19-23,32,35H,8-9,13-18,40H2,1-7H3,(H,44,45)/t32-,35+/m1/s1. The summed E-state index contributed by atoms with van der Waals surface area (Å²) in [6.07, 6.45) is 4.58. The maximum Gasteiger partial charge on any atom is 0.337 e. The maximum atomic E-state index is 12.9. The smallest absolute Gasteiger partial charge is 0.337 e. The highest BCUT2D eigenvalue weighted by molar-refractivity contribution is 5.81. The number of aryl methyl sites for hydroxylation is 3. The van der Waals surface area contributed by atoms with E-state index in [0.717, 1.165) is 82.8 Å². The van der Waals surface area contributed by atoms with Gasteiger partial charge in [0.25, 0.3) is 0 Å².